The van der Waals surface area contributed by atoms with Gasteiger partial charge in [-0.25, -0.2) is 8.78 Å². The Morgan fingerprint density at radius 3 is 2.19 bits per heavy atom. The van der Waals surface area contributed by atoms with Crippen molar-refractivity contribution in [2.24, 2.45) is 0 Å². The number of hydrogen-bond acceptors (Lipinski definition) is 3. The van der Waals surface area contributed by atoms with E-state index in [0.29, 0.717) is 6.07 Å². The molecule has 0 N–H and O–H groups in total. The Balaban J connectivity index is 2.31. The molecule has 21 heavy (non-hydrogen) atoms. The van der Waals surface area contributed by atoms with Crippen LogP contribution in [-0.2, 0) is 10.1 Å². The Kier molecular flexibility index (Phi) is 4.27. The van der Waals surface area contributed by atoms with Crippen molar-refractivity contribution in [1.29, 1.82) is 0 Å². The Labute approximate surface area is 122 Å². The quantitative estimate of drug-likeness (QED) is 0.805. The van der Waals surface area contributed by atoms with Crippen LogP contribution in [0.5, 0.6) is 5.75 Å². The highest BCUT2D eigenvalue weighted by molar-refractivity contribution is 7.87. The summed E-state index contributed by atoms with van der Waals surface area (Å²) in [7, 11) is -4.41. The van der Waals surface area contributed by atoms with Crippen LogP contribution in [0.25, 0.3) is 0 Å². The lowest BCUT2D eigenvalue weighted by atomic mass is 10.0. The Hall–Kier alpha value is -1.95. The second kappa shape index (κ2) is 5.81. The third-order valence-electron chi connectivity index (χ3n) is 2.92. The largest absolute Gasteiger partial charge is 0.379 e. The first-order valence-electron chi connectivity index (χ1n) is 6.29. The van der Waals surface area contributed by atoms with Crippen molar-refractivity contribution in [3.05, 3.63) is 59.7 Å². The molecule has 0 unspecified atom stereocenters. The average Bonchev–Trinajstić information content (AvgIpc) is 2.41. The second-order valence-electron chi connectivity index (χ2n) is 4.84. The molecule has 0 aliphatic heterocycles. The van der Waals surface area contributed by atoms with Crippen molar-refractivity contribution >= 4 is 10.1 Å². The van der Waals surface area contributed by atoms with E-state index in [1.165, 1.54) is 12.1 Å². The van der Waals surface area contributed by atoms with Crippen LogP contribution in [0.15, 0.2) is 47.4 Å². The standard InChI is InChI=1S/C15H14F2O3S/c1-10(2)11-3-6-13(7-4-11)20-21(18,19)15-9-12(16)5-8-14(15)17/h3-10H,1-2H3. The van der Waals surface area contributed by atoms with Gasteiger partial charge in [-0.2, -0.15) is 8.42 Å². The summed E-state index contributed by atoms with van der Waals surface area (Å²) in [5, 5.41) is 0. The minimum atomic E-state index is -4.41. The number of hydrogen-bond donors (Lipinski definition) is 0. The zero-order chi connectivity index (χ0) is 15.6. The molecule has 3 nitrogen and oxygen atoms in total. The van der Waals surface area contributed by atoms with E-state index < -0.39 is 26.6 Å². The summed E-state index contributed by atoms with van der Waals surface area (Å²) in [5.74, 6) is -1.58. The zero-order valence-corrected chi connectivity index (χ0v) is 12.3. The Morgan fingerprint density at radius 1 is 1.00 bits per heavy atom. The van der Waals surface area contributed by atoms with Crippen LogP contribution in [0.4, 0.5) is 8.78 Å². The summed E-state index contributed by atoms with van der Waals surface area (Å²) in [4.78, 5) is -0.824. The zero-order valence-electron chi connectivity index (χ0n) is 11.5. The summed E-state index contributed by atoms with van der Waals surface area (Å²) < 4.78 is 55.3. The number of benzene rings is 2. The first-order valence-corrected chi connectivity index (χ1v) is 7.70. The lowest BCUT2D eigenvalue weighted by Crippen LogP contribution is -2.12. The van der Waals surface area contributed by atoms with Crippen LogP contribution in [-0.4, -0.2) is 8.42 Å². The van der Waals surface area contributed by atoms with E-state index in [1.807, 2.05) is 13.8 Å². The highest BCUT2D eigenvalue weighted by atomic mass is 32.2. The molecule has 6 heteroatoms. The van der Waals surface area contributed by atoms with E-state index in [4.69, 9.17) is 4.18 Å². The monoisotopic (exact) mass is 312 g/mol. The minimum Gasteiger partial charge on any atom is -0.379 e. The average molecular weight is 312 g/mol. The van der Waals surface area contributed by atoms with Crippen LogP contribution >= 0.6 is 0 Å². The third kappa shape index (κ3) is 3.58. The highest BCUT2D eigenvalue weighted by Crippen LogP contribution is 2.23. The molecule has 0 fully saturated rings. The summed E-state index contributed by atoms with van der Waals surface area (Å²) in [6, 6.07) is 8.56. The summed E-state index contributed by atoms with van der Waals surface area (Å²) in [6.45, 7) is 3.99. The lowest BCUT2D eigenvalue weighted by Gasteiger charge is -2.09. The molecule has 0 saturated carbocycles. The van der Waals surface area contributed by atoms with Gasteiger partial charge in [0.05, 0.1) is 0 Å². The molecule has 112 valence electrons. The van der Waals surface area contributed by atoms with E-state index >= 15 is 0 Å². The van der Waals surface area contributed by atoms with Gasteiger partial charge in [0.25, 0.3) is 0 Å². The van der Waals surface area contributed by atoms with Crippen LogP contribution in [0.2, 0.25) is 0 Å². The van der Waals surface area contributed by atoms with Gasteiger partial charge in [0.2, 0.25) is 0 Å². The third-order valence-corrected chi connectivity index (χ3v) is 4.18. The van der Waals surface area contributed by atoms with Gasteiger partial charge in [0.1, 0.15) is 22.3 Å². The van der Waals surface area contributed by atoms with Crippen LogP contribution < -0.4 is 4.18 Å². The van der Waals surface area contributed by atoms with Gasteiger partial charge in [-0.05, 0) is 41.8 Å². The van der Waals surface area contributed by atoms with Crippen molar-refractivity contribution in [2.45, 2.75) is 24.7 Å². The Morgan fingerprint density at radius 2 is 1.62 bits per heavy atom. The van der Waals surface area contributed by atoms with Crippen molar-refractivity contribution in [3.63, 3.8) is 0 Å². The highest BCUT2D eigenvalue weighted by Gasteiger charge is 2.22. The molecule has 0 heterocycles. The molecule has 0 aliphatic rings. The molecular formula is C15H14F2O3S. The van der Waals surface area contributed by atoms with Crippen LogP contribution in [0.1, 0.15) is 25.3 Å². The number of rotatable bonds is 4. The van der Waals surface area contributed by atoms with Gasteiger partial charge >= 0.3 is 10.1 Å². The minimum absolute atomic E-state index is 0.0445. The van der Waals surface area contributed by atoms with E-state index in [-0.39, 0.29) is 11.7 Å². The predicted molar refractivity (Wildman–Crippen MR) is 74.7 cm³/mol. The van der Waals surface area contributed by atoms with Crippen molar-refractivity contribution in [2.75, 3.05) is 0 Å². The maximum absolute atomic E-state index is 13.5. The lowest BCUT2D eigenvalue weighted by molar-refractivity contribution is 0.473. The molecule has 0 aliphatic carbocycles. The maximum atomic E-state index is 13.5. The van der Waals surface area contributed by atoms with E-state index in [0.717, 1.165) is 17.7 Å². The van der Waals surface area contributed by atoms with Crippen molar-refractivity contribution in [3.8, 4) is 5.75 Å². The SMILES string of the molecule is CC(C)c1ccc(OS(=O)(=O)c2cc(F)ccc2F)cc1. The van der Waals surface area contributed by atoms with Gasteiger partial charge in [-0.15, -0.1) is 0 Å². The van der Waals surface area contributed by atoms with Crippen LogP contribution in [0, 0.1) is 11.6 Å². The van der Waals surface area contributed by atoms with Gasteiger partial charge in [-0.3, -0.25) is 0 Å². The fourth-order valence-corrected chi connectivity index (χ4v) is 2.77. The molecule has 0 spiro atoms. The molecule has 2 rings (SSSR count). The summed E-state index contributed by atoms with van der Waals surface area (Å²) >= 11 is 0. The van der Waals surface area contributed by atoms with Gasteiger partial charge < -0.3 is 4.18 Å². The fourth-order valence-electron chi connectivity index (χ4n) is 1.75. The molecule has 2 aromatic carbocycles. The smallest absolute Gasteiger partial charge is 0.342 e. The molecule has 0 amide bonds. The fraction of sp³-hybridized carbons (Fsp3) is 0.200. The topological polar surface area (TPSA) is 43.4 Å². The molecule has 0 bridgehead atoms. The summed E-state index contributed by atoms with van der Waals surface area (Å²) in [6.07, 6.45) is 0. The first kappa shape index (κ1) is 15.4. The second-order valence-corrected chi connectivity index (χ2v) is 6.35. The van der Waals surface area contributed by atoms with Crippen molar-refractivity contribution in [1.82, 2.24) is 0 Å². The maximum Gasteiger partial charge on any atom is 0.342 e. The molecule has 0 saturated heterocycles. The predicted octanol–water partition coefficient (Wildman–Crippen LogP) is 3.86. The van der Waals surface area contributed by atoms with Gasteiger partial charge in [0.15, 0.2) is 0 Å². The molecule has 0 radical (unpaired) electrons. The molecule has 2 aromatic rings. The summed E-state index contributed by atoms with van der Waals surface area (Å²) in [5.41, 5.74) is 1.01. The van der Waals surface area contributed by atoms with Crippen molar-refractivity contribution < 1.29 is 21.4 Å². The van der Waals surface area contributed by atoms with E-state index in [2.05, 4.69) is 0 Å². The Bertz CT molecular complexity index is 738. The van der Waals surface area contributed by atoms with E-state index in [9.17, 15) is 17.2 Å². The molecule has 0 aromatic heterocycles. The first-order chi connectivity index (χ1) is 9.79. The number of halogens is 2. The molecular weight excluding hydrogens is 298 g/mol. The molecule has 0 atom stereocenters. The normalized spacial score (nSPS) is 11.7. The van der Waals surface area contributed by atoms with Gasteiger partial charge in [-0.1, -0.05) is 26.0 Å². The van der Waals surface area contributed by atoms with Crippen LogP contribution in [0.3, 0.4) is 0 Å². The van der Waals surface area contributed by atoms with E-state index in [1.54, 1.807) is 12.1 Å². The van der Waals surface area contributed by atoms with Gasteiger partial charge in [0, 0.05) is 0 Å².